The standard InChI is InChI=1S/C22H21N3O5/c1-28-19-11-16(22(27)25-8-5-17-14(12-25)4-3-7-23-17)10-18(20(19)29-2)24-21(26)15-6-9-30-13-15/h3-4,6-7,9-11,13H,5,8,12H2,1-2H3,(H,24,26). The highest BCUT2D eigenvalue weighted by atomic mass is 16.5. The van der Waals surface area contributed by atoms with Gasteiger partial charge in [0.1, 0.15) is 6.26 Å². The highest BCUT2D eigenvalue weighted by Crippen LogP contribution is 2.37. The number of rotatable bonds is 5. The number of furan rings is 1. The summed E-state index contributed by atoms with van der Waals surface area (Å²) >= 11 is 0. The molecule has 0 spiro atoms. The Bertz CT molecular complexity index is 1080. The van der Waals surface area contributed by atoms with E-state index in [4.69, 9.17) is 13.9 Å². The first-order chi connectivity index (χ1) is 14.6. The molecule has 154 valence electrons. The Hall–Kier alpha value is -3.81. The van der Waals surface area contributed by atoms with Gasteiger partial charge in [-0.05, 0) is 29.8 Å². The van der Waals surface area contributed by atoms with E-state index in [9.17, 15) is 9.59 Å². The predicted molar refractivity (Wildman–Crippen MR) is 109 cm³/mol. The second kappa shape index (κ2) is 8.28. The number of carbonyl (C=O) groups excluding carboxylic acids is 2. The van der Waals surface area contributed by atoms with Crippen LogP contribution in [0.1, 0.15) is 32.0 Å². The first-order valence-corrected chi connectivity index (χ1v) is 9.42. The van der Waals surface area contributed by atoms with Crippen molar-refractivity contribution in [3.05, 3.63) is 71.4 Å². The van der Waals surface area contributed by atoms with Gasteiger partial charge in [-0.25, -0.2) is 0 Å². The van der Waals surface area contributed by atoms with Crippen LogP contribution in [0.4, 0.5) is 5.69 Å². The number of anilines is 1. The van der Waals surface area contributed by atoms with Crippen molar-refractivity contribution in [2.24, 2.45) is 0 Å². The lowest BCUT2D eigenvalue weighted by molar-refractivity contribution is 0.0733. The van der Waals surface area contributed by atoms with Gasteiger partial charge in [0.2, 0.25) is 0 Å². The van der Waals surface area contributed by atoms with Gasteiger partial charge in [0.15, 0.2) is 11.5 Å². The fourth-order valence-electron chi connectivity index (χ4n) is 3.49. The van der Waals surface area contributed by atoms with E-state index in [1.54, 1.807) is 29.3 Å². The van der Waals surface area contributed by atoms with Crippen molar-refractivity contribution in [1.29, 1.82) is 0 Å². The first kappa shape index (κ1) is 19.5. The molecule has 0 saturated carbocycles. The van der Waals surface area contributed by atoms with Crippen LogP contribution in [0.5, 0.6) is 11.5 Å². The number of hydrogen-bond donors (Lipinski definition) is 1. The van der Waals surface area contributed by atoms with Gasteiger partial charge in [0.05, 0.1) is 31.7 Å². The number of benzene rings is 1. The van der Waals surface area contributed by atoms with Crippen LogP contribution >= 0.6 is 0 Å². The lowest BCUT2D eigenvalue weighted by Gasteiger charge is -2.28. The molecule has 30 heavy (non-hydrogen) atoms. The number of ether oxygens (including phenoxy) is 2. The molecule has 1 aromatic carbocycles. The lowest BCUT2D eigenvalue weighted by Crippen LogP contribution is -2.36. The normalized spacial score (nSPS) is 12.8. The van der Waals surface area contributed by atoms with E-state index in [1.165, 1.54) is 26.7 Å². The number of fused-ring (bicyclic) bond motifs is 1. The number of hydrogen-bond acceptors (Lipinski definition) is 6. The van der Waals surface area contributed by atoms with Crippen LogP contribution in [0.15, 0.2) is 53.5 Å². The third-order valence-electron chi connectivity index (χ3n) is 5.01. The Morgan fingerprint density at radius 1 is 1.17 bits per heavy atom. The minimum absolute atomic E-state index is 0.163. The quantitative estimate of drug-likeness (QED) is 0.698. The molecule has 8 heteroatoms. The Kier molecular flexibility index (Phi) is 5.38. The van der Waals surface area contributed by atoms with Crippen molar-refractivity contribution < 1.29 is 23.5 Å². The average molecular weight is 407 g/mol. The van der Waals surface area contributed by atoms with E-state index >= 15 is 0 Å². The van der Waals surface area contributed by atoms with E-state index in [1.807, 2.05) is 12.1 Å². The molecule has 0 fully saturated rings. The van der Waals surface area contributed by atoms with Gasteiger partial charge in [-0.15, -0.1) is 0 Å². The molecule has 1 N–H and O–H groups in total. The molecule has 4 rings (SSSR count). The molecule has 1 aliphatic heterocycles. The fraction of sp³-hybridized carbons (Fsp3) is 0.227. The molecule has 0 aliphatic carbocycles. The summed E-state index contributed by atoms with van der Waals surface area (Å²) in [5, 5.41) is 2.77. The number of pyridine rings is 1. The molecule has 0 bridgehead atoms. The van der Waals surface area contributed by atoms with E-state index in [2.05, 4.69) is 10.3 Å². The van der Waals surface area contributed by atoms with Crippen LogP contribution in [0.3, 0.4) is 0 Å². The number of methoxy groups -OCH3 is 2. The van der Waals surface area contributed by atoms with E-state index in [0.717, 1.165) is 11.3 Å². The van der Waals surface area contributed by atoms with Gasteiger partial charge in [-0.1, -0.05) is 6.07 Å². The fourth-order valence-corrected chi connectivity index (χ4v) is 3.49. The summed E-state index contributed by atoms with van der Waals surface area (Å²) in [7, 11) is 2.96. The zero-order valence-electron chi connectivity index (χ0n) is 16.7. The van der Waals surface area contributed by atoms with E-state index < -0.39 is 0 Å². The molecule has 3 heterocycles. The van der Waals surface area contributed by atoms with Crippen LogP contribution in [-0.2, 0) is 13.0 Å². The maximum Gasteiger partial charge on any atom is 0.259 e. The second-order valence-electron chi connectivity index (χ2n) is 6.81. The molecule has 1 aliphatic rings. The summed E-state index contributed by atoms with van der Waals surface area (Å²) in [4.78, 5) is 31.9. The Morgan fingerprint density at radius 2 is 2.03 bits per heavy atom. The largest absolute Gasteiger partial charge is 0.493 e. The van der Waals surface area contributed by atoms with Crippen LogP contribution in [0.2, 0.25) is 0 Å². The Balaban J connectivity index is 1.64. The SMILES string of the molecule is COc1cc(C(=O)N2CCc3ncccc3C2)cc(NC(=O)c2ccoc2)c1OC. The topological polar surface area (TPSA) is 93.9 Å². The number of aromatic nitrogens is 1. The highest BCUT2D eigenvalue weighted by Gasteiger charge is 2.25. The van der Waals surface area contributed by atoms with Gasteiger partial charge in [-0.2, -0.15) is 0 Å². The van der Waals surface area contributed by atoms with Gasteiger partial charge < -0.3 is 24.1 Å². The third kappa shape index (κ3) is 3.71. The minimum atomic E-state index is -0.383. The highest BCUT2D eigenvalue weighted by molar-refractivity contribution is 6.06. The van der Waals surface area contributed by atoms with E-state index in [0.29, 0.717) is 47.8 Å². The van der Waals surface area contributed by atoms with Crippen molar-refractivity contribution in [2.75, 3.05) is 26.1 Å². The molecule has 2 amide bonds. The molecule has 8 nitrogen and oxygen atoms in total. The van der Waals surface area contributed by atoms with Crippen molar-refractivity contribution in [3.8, 4) is 11.5 Å². The van der Waals surface area contributed by atoms with Gasteiger partial charge in [0, 0.05) is 37.0 Å². The van der Waals surface area contributed by atoms with Crippen LogP contribution in [0.25, 0.3) is 0 Å². The summed E-state index contributed by atoms with van der Waals surface area (Å²) in [6, 6.07) is 8.61. The average Bonchev–Trinajstić information content (AvgIpc) is 3.33. The summed E-state index contributed by atoms with van der Waals surface area (Å²) in [6.45, 7) is 1.04. The molecule has 3 aromatic rings. The summed E-state index contributed by atoms with van der Waals surface area (Å²) in [5.41, 5.74) is 3.13. The molecule has 0 atom stereocenters. The number of carbonyl (C=O) groups is 2. The van der Waals surface area contributed by atoms with Crippen LogP contribution < -0.4 is 14.8 Å². The summed E-state index contributed by atoms with van der Waals surface area (Å²) in [6.07, 6.45) is 5.21. The lowest BCUT2D eigenvalue weighted by atomic mass is 10.0. The van der Waals surface area contributed by atoms with Crippen molar-refractivity contribution >= 4 is 17.5 Å². The second-order valence-corrected chi connectivity index (χ2v) is 6.81. The molecular weight excluding hydrogens is 386 g/mol. The summed E-state index contributed by atoms with van der Waals surface area (Å²) in [5.74, 6) is 0.139. The van der Waals surface area contributed by atoms with Crippen molar-refractivity contribution in [1.82, 2.24) is 9.88 Å². The maximum absolute atomic E-state index is 13.2. The first-order valence-electron chi connectivity index (χ1n) is 9.42. The molecule has 2 aromatic heterocycles. The van der Waals surface area contributed by atoms with Crippen LogP contribution in [-0.4, -0.2) is 42.5 Å². The number of nitrogens with one attached hydrogen (secondary N) is 1. The van der Waals surface area contributed by atoms with Gasteiger partial charge >= 0.3 is 0 Å². The Morgan fingerprint density at radius 3 is 2.77 bits per heavy atom. The van der Waals surface area contributed by atoms with Gasteiger partial charge in [-0.3, -0.25) is 14.6 Å². The molecular formula is C22H21N3O5. The zero-order valence-corrected chi connectivity index (χ0v) is 16.7. The minimum Gasteiger partial charge on any atom is -0.493 e. The molecule has 0 unspecified atom stereocenters. The van der Waals surface area contributed by atoms with Crippen LogP contribution in [0, 0.1) is 0 Å². The Labute approximate surface area is 173 Å². The third-order valence-corrected chi connectivity index (χ3v) is 5.01. The maximum atomic E-state index is 13.2. The molecule has 0 saturated heterocycles. The van der Waals surface area contributed by atoms with Gasteiger partial charge in [0.25, 0.3) is 11.8 Å². The summed E-state index contributed by atoms with van der Waals surface area (Å²) < 4.78 is 15.8. The van der Waals surface area contributed by atoms with E-state index in [-0.39, 0.29) is 11.8 Å². The zero-order chi connectivity index (χ0) is 21.1. The predicted octanol–water partition coefficient (Wildman–Crippen LogP) is 3.14. The van der Waals surface area contributed by atoms with Crippen molar-refractivity contribution in [2.45, 2.75) is 13.0 Å². The molecule has 0 radical (unpaired) electrons. The van der Waals surface area contributed by atoms with Crippen molar-refractivity contribution in [3.63, 3.8) is 0 Å². The monoisotopic (exact) mass is 407 g/mol. The number of nitrogens with zero attached hydrogens (tertiary/aromatic N) is 2. The number of amides is 2. The smallest absolute Gasteiger partial charge is 0.259 e.